The topological polar surface area (TPSA) is 114 Å². The third kappa shape index (κ3) is 6.55. The number of rotatable bonds is 13. The van der Waals surface area contributed by atoms with Gasteiger partial charge in [0.15, 0.2) is 6.54 Å². The van der Waals surface area contributed by atoms with Crippen LogP contribution in [0.4, 0.5) is 5.69 Å². The molecule has 2 aliphatic rings. The minimum absolute atomic E-state index is 0.0193. The summed E-state index contributed by atoms with van der Waals surface area (Å²) >= 11 is 0. The molecule has 2 aromatic carbocycles. The Morgan fingerprint density at radius 2 is 1.62 bits per heavy atom. The number of hydrogen-bond acceptors (Lipinski definition) is 6. The van der Waals surface area contributed by atoms with E-state index in [1.807, 2.05) is 36.4 Å². The molecule has 8 nitrogen and oxygen atoms in total. The zero-order valence-corrected chi connectivity index (χ0v) is 24.0. The first-order valence-corrected chi connectivity index (χ1v) is 15.4. The van der Waals surface area contributed by atoms with Crippen molar-refractivity contribution in [1.82, 2.24) is 4.58 Å². The Bertz CT molecular complexity index is 1600. The highest BCUT2D eigenvalue weighted by atomic mass is 32.2. The average molecular weight is 568 g/mol. The molecular weight excluding hydrogens is 528 g/mol. The van der Waals surface area contributed by atoms with Crippen LogP contribution in [0.3, 0.4) is 0 Å². The number of aliphatic hydroxyl groups excluding tert-OH is 2. The van der Waals surface area contributed by atoms with E-state index in [0.717, 1.165) is 49.8 Å². The molecule has 0 bridgehead atoms. The zero-order chi connectivity index (χ0) is 28.7. The Morgan fingerprint density at radius 3 is 2.33 bits per heavy atom. The van der Waals surface area contributed by atoms with E-state index in [9.17, 15) is 23.2 Å². The number of hydrogen-bond donors (Lipinski definition) is 3. The highest BCUT2D eigenvalue weighted by Gasteiger charge is 2.24. The van der Waals surface area contributed by atoms with E-state index in [4.69, 9.17) is 4.42 Å². The van der Waals surface area contributed by atoms with Crippen LogP contribution in [0.1, 0.15) is 39.5 Å². The smallest absolute Gasteiger partial charge is 0.295 e. The maximum Gasteiger partial charge on any atom is 0.295 e. The quantitative estimate of drug-likeness (QED) is 0.123. The molecule has 0 atom stereocenters. The van der Waals surface area contributed by atoms with Crippen molar-refractivity contribution in [2.24, 2.45) is 0 Å². The first-order valence-electron chi connectivity index (χ1n) is 13.9. The second kappa shape index (κ2) is 13.4. The molecular formula is C31H39N2O6S+. The molecule has 0 aromatic heterocycles. The predicted octanol–water partition coefficient (Wildman–Crippen LogP) is 4.61. The van der Waals surface area contributed by atoms with Crippen LogP contribution in [0, 0.1) is 0 Å². The first-order chi connectivity index (χ1) is 19.3. The molecule has 1 heterocycles. The van der Waals surface area contributed by atoms with Crippen LogP contribution in [0.2, 0.25) is 0 Å². The summed E-state index contributed by atoms with van der Waals surface area (Å²) in [5, 5.41) is 20.9. The summed E-state index contributed by atoms with van der Waals surface area (Å²) in [4.78, 5) is 1.94. The lowest BCUT2D eigenvalue weighted by molar-refractivity contribution is 0.280. The zero-order valence-electron chi connectivity index (χ0n) is 23.2. The number of unbranched alkanes of at least 4 members (excludes halogenated alkanes) is 2. The second-order valence-electron chi connectivity index (χ2n) is 9.94. The van der Waals surface area contributed by atoms with E-state index >= 15 is 0 Å². The molecule has 0 spiro atoms. The van der Waals surface area contributed by atoms with Crippen molar-refractivity contribution in [3.8, 4) is 22.5 Å². The fraction of sp³-hybridized carbons (Fsp3) is 0.387. The van der Waals surface area contributed by atoms with Crippen LogP contribution in [-0.4, -0.2) is 62.6 Å². The summed E-state index contributed by atoms with van der Waals surface area (Å²) in [5.41, 5.74) is 3.19. The monoisotopic (exact) mass is 567 g/mol. The Labute approximate surface area is 235 Å². The molecule has 4 rings (SSSR count). The van der Waals surface area contributed by atoms with Crippen LogP contribution in [0.25, 0.3) is 33.4 Å². The third-order valence-electron chi connectivity index (χ3n) is 7.16. The number of aliphatic hydroxyl groups is 2. The van der Waals surface area contributed by atoms with Gasteiger partial charge in [-0.1, -0.05) is 44.9 Å². The van der Waals surface area contributed by atoms with Gasteiger partial charge in [-0.15, -0.1) is 0 Å². The minimum atomic E-state index is -4.50. The molecule has 9 heteroatoms. The number of fused-ring (bicyclic) bond motifs is 2. The largest absolute Gasteiger partial charge is 0.456 e. The first kappa shape index (κ1) is 29.7. The van der Waals surface area contributed by atoms with Crippen molar-refractivity contribution in [2.75, 3.05) is 44.3 Å². The SMILES string of the molecule is CCCCN(CCO)c1ccc2c(-c3ccccc3S(=O)(=O)O)c3cc/c(=[N+](\CCO)CCCC)cc-3oc2c1. The van der Waals surface area contributed by atoms with Crippen molar-refractivity contribution in [3.05, 3.63) is 66.0 Å². The van der Waals surface area contributed by atoms with Crippen LogP contribution in [-0.2, 0) is 10.1 Å². The van der Waals surface area contributed by atoms with Gasteiger partial charge in [0, 0.05) is 59.4 Å². The van der Waals surface area contributed by atoms with Gasteiger partial charge in [0.25, 0.3) is 10.1 Å². The van der Waals surface area contributed by atoms with Crippen molar-refractivity contribution in [2.45, 2.75) is 44.4 Å². The molecule has 214 valence electrons. The normalized spacial score (nSPS) is 12.7. The average Bonchev–Trinajstić information content (AvgIpc) is 2.95. The summed E-state index contributed by atoms with van der Waals surface area (Å²) < 4.78 is 43.5. The lowest BCUT2D eigenvalue weighted by Gasteiger charge is -2.25. The van der Waals surface area contributed by atoms with Gasteiger partial charge in [-0.25, -0.2) is 4.58 Å². The van der Waals surface area contributed by atoms with Gasteiger partial charge in [0.05, 0.1) is 12.7 Å². The molecule has 0 fully saturated rings. The van der Waals surface area contributed by atoms with E-state index in [2.05, 4.69) is 23.3 Å². The molecule has 1 aliphatic carbocycles. The van der Waals surface area contributed by atoms with Gasteiger partial charge in [-0.05, 0) is 30.7 Å². The maximum absolute atomic E-state index is 12.4. The fourth-order valence-corrected chi connectivity index (χ4v) is 5.83. The van der Waals surface area contributed by atoms with E-state index < -0.39 is 10.1 Å². The van der Waals surface area contributed by atoms with E-state index in [1.54, 1.807) is 18.2 Å². The maximum atomic E-state index is 12.4. The lowest BCUT2D eigenvalue weighted by atomic mass is 9.93. The lowest BCUT2D eigenvalue weighted by Crippen LogP contribution is -2.33. The third-order valence-corrected chi connectivity index (χ3v) is 8.07. The van der Waals surface area contributed by atoms with Crippen LogP contribution < -0.4 is 14.8 Å². The summed E-state index contributed by atoms with van der Waals surface area (Å²) in [7, 11) is -4.50. The van der Waals surface area contributed by atoms with Gasteiger partial charge in [-0.2, -0.15) is 8.42 Å². The molecule has 0 saturated carbocycles. The second-order valence-corrected chi connectivity index (χ2v) is 11.3. The minimum Gasteiger partial charge on any atom is -0.456 e. The van der Waals surface area contributed by atoms with Crippen molar-refractivity contribution in [3.63, 3.8) is 0 Å². The Morgan fingerprint density at radius 1 is 0.850 bits per heavy atom. The summed E-state index contributed by atoms with van der Waals surface area (Å²) in [6, 6.07) is 18.0. The van der Waals surface area contributed by atoms with E-state index in [-0.39, 0.29) is 18.1 Å². The van der Waals surface area contributed by atoms with Crippen LogP contribution in [0.15, 0.2) is 70.0 Å². The van der Waals surface area contributed by atoms with Crippen molar-refractivity contribution >= 4 is 26.8 Å². The highest BCUT2D eigenvalue weighted by molar-refractivity contribution is 7.86. The van der Waals surface area contributed by atoms with Gasteiger partial charge < -0.3 is 19.5 Å². The summed E-state index contributed by atoms with van der Waals surface area (Å²) in [6.45, 7) is 6.81. The van der Waals surface area contributed by atoms with Crippen molar-refractivity contribution < 1.29 is 27.6 Å². The van der Waals surface area contributed by atoms with Gasteiger partial charge in [-0.3, -0.25) is 4.55 Å². The van der Waals surface area contributed by atoms with Crippen LogP contribution in [0.5, 0.6) is 0 Å². The molecule has 0 unspecified atom stereocenters. The van der Waals surface area contributed by atoms with Crippen molar-refractivity contribution in [1.29, 1.82) is 0 Å². The van der Waals surface area contributed by atoms with Gasteiger partial charge >= 0.3 is 0 Å². The molecule has 3 N–H and O–H groups in total. The van der Waals surface area contributed by atoms with Gasteiger partial charge in [0.2, 0.25) is 5.36 Å². The van der Waals surface area contributed by atoms with Gasteiger partial charge in [0.1, 0.15) is 29.4 Å². The fourth-order valence-electron chi connectivity index (χ4n) is 5.13. The Balaban J connectivity index is 2.06. The van der Waals surface area contributed by atoms with E-state index in [1.165, 1.54) is 6.07 Å². The molecule has 0 amide bonds. The molecule has 2 aromatic rings. The summed E-state index contributed by atoms with van der Waals surface area (Å²) in [5.74, 6) is 0.559. The summed E-state index contributed by atoms with van der Waals surface area (Å²) in [6.07, 6.45) is 3.99. The predicted molar refractivity (Wildman–Crippen MR) is 159 cm³/mol. The molecule has 1 aliphatic heterocycles. The van der Waals surface area contributed by atoms with E-state index in [0.29, 0.717) is 46.5 Å². The number of nitrogens with zero attached hydrogens (tertiary/aromatic N) is 2. The Hall–Kier alpha value is -3.24. The number of benzene rings is 3. The molecule has 0 saturated heterocycles. The standard InChI is InChI=1S/C31H38N2O6S/c1-3-5-15-32(17-19-34)23-11-13-25-28(21-23)39-29-22-24(33(18-20-35)16-6-4-2)12-14-26(29)31(25)27-9-7-8-10-30(27)40(36,37)38/h7-14,21-22,34-35H,3-6,15-20H2,1-2H3/p+1. The molecule has 0 radical (unpaired) electrons. The number of anilines is 1. The van der Waals surface area contributed by atoms with Crippen LogP contribution >= 0.6 is 0 Å². The highest BCUT2D eigenvalue weighted by Crippen LogP contribution is 2.42. The Kier molecular flexibility index (Phi) is 9.97. The molecule has 40 heavy (non-hydrogen) atoms.